The molecular weight excluding hydrogens is 322 g/mol. The van der Waals surface area contributed by atoms with Crippen molar-refractivity contribution >= 4 is 23.5 Å². The predicted octanol–water partition coefficient (Wildman–Crippen LogP) is 2.05. The van der Waals surface area contributed by atoms with Gasteiger partial charge in [-0.25, -0.2) is 4.79 Å². The molecule has 0 aliphatic heterocycles. The molecule has 0 aliphatic rings. The second kappa shape index (κ2) is 8.05. The summed E-state index contributed by atoms with van der Waals surface area (Å²) in [6.45, 7) is 1.85. The fourth-order valence-electron chi connectivity index (χ4n) is 2.27. The number of carbonyl (C=O) groups is 3. The van der Waals surface area contributed by atoms with Crippen molar-refractivity contribution in [3.05, 3.63) is 59.4 Å². The first-order valence-corrected chi connectivity index (χ1v) is 7.75. The van der Waals surface area contributed by atoms with Crippen LogP contribution in [-0.2, 0) is 11.2 Å². The van der Waals surface area contributed by atoms with Crippen LogP contribution in [0.4, 0.5) is 5.69 Å². The van der Waals surface area contributed by atoms with E-state index in [1.54, 1.807) is 0 Å². The second-order valence-electron chi connectivity index (χ2n) is 5.46. The summed E-state index contributed by atoms with van der Waals surface area (Å²) in [5.74, 6) is -1.90. The van der Waals surface area contributed by atoms with Crippen LogP contribution in [0.5, 0.6) is 0 Å². The molecule has 2 N–H and O–H groups in total. The molecule has 1 aromatic carbocycles. The van der Waals surface area contributed by atoms with Gasteiger partial charge in [-0.1, -0.05) is 25.1 Å². The monoisotopic (exact) mass is 341 g/mol. The zero-order valence-corrected chi connectivity index (χ0v) is 14.0. The van der Waals surface area contributed by atoms with Gasteiger partial charge in [-0.05, 0) is 30.2 Å². The maximum atomic E-state index is 12.3. The van der Waals surface area contributed by atoms with E-state index in [0.717, 1.165) is 23.9 Å². The van der Waals surface area contributed by atoms with Crippen molar-refractivity contribution in [1.29, 1.82) is 0 Å². The van der Waals surface area contributed by atoms with Gasteiger partial charge in [-0.3, -0.25) is 14.6 Å². The number of nitrogens with zero attached hydrogens (tertiary/aromatic N) is 2. The zero-order valence-electron chi connectivity index (χ0n) is 14.0. The van der Waals surface area contributed by atoms with E-state index in [1.807, 2.05) is 31.2 Å². The van der Waals surface area contributed by atoms with Crippen molar-refractivity contribution in [2.75, 3.05) is 18.9 Å². The van der Waals surface area contributed by atoms with E-state index in [-0.39, 0.29) is 23.7 Å². The molecule has 0 saturated carbocycles. The maximum absolute atomic E-state index is 12.3. The van der Waals surface area contributed by atoms with E-state index >= 15 is 0 Å². The number of hydrogen-bond donors (Lipinski definition) is 2. The SMILES string of the molecule is CCc1ccccc1NC(=O)CN(C)C(=O)c1ccc(C(=O)O)cn1. The highest BCUT2D eigenvalue weighted by molar-refractivity contribution is 5.99. The van der Waals surface area contributed by atoms with Gasteiger partial charge >= 0.3 is 5.97 Å². The molecule has 2 rings (SSSR count). The molecule has 0 spiro atoms. The van der Waals surface area contributed by atoms with E-state index in [2.05, 4.69) is 10.3 Å². The summed E-state index contributed by atoms with van der Waals surface area (Å²) in [5, 5.41) is 11.6. The summed E-state index contributed by atoms with van der Waals surface area (Å²) in [6.07, 6.45) is 1.89. The molecule has 0 atom stereocenters. The van der Waals surface area contributed by atoms with Crippen LogP contribution in [0.25, 0.3) is 0 Å². The highest BCUT2D eigenvalue weighted by Crippen LogP contribution is 2.15. The van der Waals surface area contributed by atoms with Crippen LogP contribution < -0.4 is 5.32 Å². The molecule has 2 aromatic rings. The predicted molar refractivity (Wildman–Crippen MR) is 92.6 cm³/mol. The van der Waals surface area contributed by atoms with Gasteiger partial charge in [0.05, 0.1) is 12.1 Å². The van der Waals surface area contributed by atoms with Crippen molar-refractivity contribution in [2.45, 2.75) is 13.3 Å². The lowest BCUT2D eigenvalue weighted by atomic mass is 10.1. The number of anilines is 1. The van der Waals surface area contributed by atoms with Crippen LogP contribution in [0.2, 0.25) is 0 Å². The molecule has 2 amide bonds. The number of carboxylic acid groups (broad SMARTS) is 1. The van der Waals surface area contributed by atoms with Crippen LogP contribution in [-0.4, -0.2) is 46.4 Å². The average Bonchev–Trinajstić information content (AvgIpc) is 2.61. The highest BCUT2D eigenvalue weighted by atomic mass is 16.4. The third kappa shape index (κ3) is 4.63. The highest BCUT2D eigenvalue weighted by Gasteiger charge is 2.17. The number of benzene rings is 1. The first-order valence-electron chi connectivity index (χ1n) is 7.75. The van der Waals surface area contributed by atoms with E-state index in [4.69, 9.17) is 5.11 Å². The number of amides is 2. The number of carbonyl (C=O) groups excluding carboxylic acids is 2. The number of aryl methyl sites for hydroxylation is 1. The number of aromatic carboxylic acids is 1. The van der Waals surface area contributed by atoms with Crippen molar-refractivity contribution in [3.63, 3.8) is 0 Å². The lowest BCUT2D eigenvalue weighted by Crippen LogP contribution is -2.35. The number of para-hydroxylation sites is 1. The van der Waals surface area contributed by atoms with Crippen LogP contribution in [0.15, 0.2) is 42.6 Å². The van der Waals surface area contributed by atoms with Gasteiger partial charge in [0.25, 0.3) is 5.91 Å². The van der Waals surface area contributed by atoms with Crippen molar-refractivity contribution < 1.29 is 19.5 Å². The van der Waals surface area contributed by atoms with Gasteiger partial charge < -0.3 is 15.3 Å². The summed E-state index contributed by atoms with van der Waals surface area (Å²) in [7, 11) is 1.49. The minimum absolute atomic E-state index is 0.00637. The summed E-state index contributed by atoms with van der Waals surface area (Å²) in [6, 6.07) is 10.1. The molecule has 1 aromatic heterocycles. The molecule has 0 fully saturated rings. The van der Waals surface area contributed by atoms with Gasteiger partial charge in [-0.2, -0.15) is 0 Å². The molecule has 1 heterocycles. The Balaban J connectivity index is 2.00. The number of carboxylic acids is 1. The third-order valence-corrected chi connectivity index (χ3v) is 3.63. The Bertz CT molecular complexity index is 787. The second-order valence-corrected chi connectivity index (χ2v) is 5.46. The first-order chi connectivity index (χ1) is 11.9. The van der Waals surface area contributed by atoms with Crippen molar-refractivity contribution in [3.8, 4) is 0 Å². The third-order valence-electron chi connectivity index (χ3n) is 3.63. The summed E-state index contributed by atoms with van der Waals surface area (Å²) in [5.41, 5.74) is 1.80. The van der Waals surface area contributed by atoms with Gasteiger partial charge in [0.15, 0.2) is 0 Å². The summed E-state index contributed by atoms with van der Waals surface area (Å²) in [4.78, 5) is 40.3. The van der Waals surface area contributed by atoms with Crippen LogP contribution in [0.1, 0.15) is 33.3 Å². The fourth-order valence-corrected chi connectivity index (χ4v) is 2.27. The van der Waals surface area contributed by atoms with E-state index in [9.17, 15) is 14.4 Å². The number of aromatic nitrogens is 1. The summed E-state index contributed by atoms with van der Waals surface area (Å²) < 4.78 is 0. The lowest BCUT2D eigenvalue weighted by Gasteiger charge is -2.17. The Hall–Kier alpha value is -3.22. The largest absolute Gasteiger partial charge is 0.478 e. The van der Waals surface area contributed by atoms with Gasteiger partial charge in [0.2, 0.25) is 5.91 Å². The van der Waals surface area contributed by atoms with Crippen LogP contribution in [0.3, 0.4) is 0 Å². The quantitative estimate of drug-likeness (QED) is 0.838. The average molecular weight is 341 g/mol. The Labute approximate surface area is 145 Å². The molecular formula is C18H19N3O4. The molecule has 0 unspecified atom stereocenters. The smallest absolute Gasteiger partial charge is 0.337 e. The molecule has 0 bridgehead atoms. The normalized spacial score (nSPS) is 10.2. The summed E-state index contributed by atoms with van der Waals surface area (Å²) >= 11 is 0. The standard InChI is InChI=1S/C18H19N3O4/c1-3-12-6-4-5-7-14(12)20-16(22)11-21(2)17(23)15-9-8-13(10-19-15)18(24)25/h4-10H,3,11H2,1-2H3,(H,20,22)(H,24,25). The molecule has 0 radical (unpaired) electrons. The number of nitrogens with one attached hydrogen (secondary N) is 1. The number of pyridine rings is 1. The molecule has 130 valence electrons. The minimum Gasteiger partial charge on any atom is -0.478 e. The molecule has 25 heavy (non-hydrogen) atoms. The van der Waals surface area contributed by atoms with Gasteiger partial charge in [-0.15, -0.1) is 0 Å². The maximum Gasteiger partial charge on any atom is 0.337 e. The van der Waals surface area contributed by atoms with Gasteiger partial charge in [0.1, 0.15) is 5.69 Å². The molecule has 0 aliphatic carbocycles. The van der Waals surface area contributed by atoms with E-state index < -0.39 is 11.9 Å². The lowest BCUT2D eigenvalue weighted by molar-refractivity contribution is -0.116. The Morgan fingerprint density at radius 1 is 1.16 bits per heavy atom. The number of hydrogen-bond acceptors (Lipinski definition) is 4. The van der Waals surface area contributed by atoms with Crippen LogP contribution >= 0.6 is 0 Å². The molecule has 0 saturated heterocycles. The number of rotatable bonds is 6. The van der Waals surface area contributed by atoms with Crippen molar-refractivity contribution in [1.82, 2.24) is 9.88 Å². The fraction of sp³-hybridized carbons (Fsp3) is 0.222. The Morgan fingerprint density at radius 3 is 2.48 bits per heavy atom. The molecule has 7 heteroatoms. The Kier molecular flexibility index (Phi) is 5.84. The van der Waals surface area contributed by atoms with Gasteiger partial charge in [0, 0.05) is 18.9 Å². The minimum atomic E-state index is -1.12. The Morgan fingerprint density at radius 2 is 1.88 bits per heavy atom. The molecule has 7 nitrogen and oxygen atoms in total. The zero-order chi connectivity index (χ0) is 18.4. The topological polar surface area (TPSA) is 99.6 Å². The van der Waals surface area contributed by atoms with E-state index in [1.165, 1.54) is 24.1 Å². The first kappa shape index (κ1) is 18.1. The van der Waals surface area contributed by atoms with Crippen LogP contribution in [0, 0.1) is 0 Å². The van der Waals surface area contributed by atoms with E-state index in [0.29, 0.717) is 0 Å². The van der Waals surface area contributed by atoms with Crippen molar-refractivity contribution in [2.24, 2.45) is 0 Å². The number of likely N-dealkylation sites (N-methyl/N-ethyl adjacent to an activating group) is 1.